The van der Waals surface area contributed by atoms with Crippen molar-refractivity contribution in [3.8, 4) is 55.6 Å². The van der Waals surface area contributed by atoms with Gasteiger partial charge in [0.1, 0.15) is 0 Å². The van der Waals surface area contributed by atoms with Crippen LogP contribution in [0.15, 0.2) is 157 Å². The monoisotopic (exact) mass is 706 g/mol. The third kappa shape index (κ3) is 4.06. The summed E-state index contributed by atoms with van der Waals surface area (Å²) in [4.78, 5) is 1.40. The number of thioether (sulfide) groups is 1. The van der Waals surface area contributed by atoms with Gasteiger partial charge in [0.05, 0.1) is 0 Å². The van der Waals surface area contributed by atoms with Crippen molar-refractivity contribution in [2.24, 2.45) is 0 Å². The Hall–Kier alpha value is -5.63. The van der Waals surface area contributed by atoms with Gasteiger partial charge >= 0.3 is 0 Å². The van der Waals surface area contributed by atoms with E-state index in [0.717, 1.165) is 12.8 Å². The second-order valence-electron chi connectivity index (χ2n) is 16.1. The van der Waals surface area contributed by atoms with E-state index < -0.39 is 0 Å². The maximum absolute atomic E-state index is 2.56. The van der Waals surface area contributed by atoms with Crippen molar-refractivity contribution in [1.82, 2.24) is 0 Å². The van der Waals surface area contributed by atoms with Gasteiger partial charge in [-0.3, -0.25) is 0 Å². The zero-order valence-corrected chi connectivity index (χ0v) is 31.3. The van der Waals surface area contributed by atoms with Gasteiger partial charge in [-0.05, 0) is 124 Å². The minimum absolute atomic E-state index is 0.167. The molecule has 12 rings (SSSR count). The highest BCUT2D eigenvalue weighted by Crippen LogP contribution is 2.62. The molecule has 1 aliphatic heterocycles. The molecule has 0 fully saturated rings. The highest BCUT2D eigenvalue weighted by molar-refractivity contribution is 8.01. The van der Waals surface area contributed by atoms with Crippen LogP contribution in [0.4, 0.5) is 0 Å². The normalized spacial score (nSPS) is 18.8. The van der Waals surface area contributed by atoms with Gasteiger partial charge in [-0.25, -0.2) is 0 Å². The number of benzene rings is 7. The minimum atomic E-state index is -0.167. The lowest BCUT2D eigenvalue weighted by Gasteiger charge is -2.36. The summed E-state index contributed by atoms with van der Waals surface area (Å²) in [7, 11) is 0. The second-order valence-corrected chi connectivity index (χ2v) is 17.3. The Kier molecular flexibility index (Phi) is 6.39. The molecule has 1 heterocycles. The molecular weight excluding hydrogens is 669 g/mol. The summed E-state index contributed by atoms with van der Waals surface area (Å²) in [6.45, 7) is 4.92. The predicted molar refractivity (Wildman–Crippen MR) is 230 cm³/mol. The summed E-state index contributed by atoms with van der Waals surface area (Å²) >= 11 is 2.03. The Balaban J connectivity index is 1.09. The zero-order valence-electron chi connectivity index (χ0n) is 30.5. The molecule has 0 amide bonds. The van der Waals surface area contributed by atoms with Crippen LogP contribution in [-0.2, 0) is 11.8 Å². The SMILES string of the molecule is CC1(C)c2cc(C3C=CC=C4c5ccccc5SC43)ccc2-c2ccc3c4c(ccc1c24)-c1c(-c2ccccc2)c2c(c(-c4ccccc4)c1-3)C=CCC2. The van der Waals surface area contributed by atoms with E-state index in [-0.39, 0.29) is 5.41 Å². The summed E-state index contributed by atoms with van der Waals surface area (Å²) in [6, 6.07) is 48.6. The van der Waals surface area contributed by atoms with Crippen LogP contribution in [0, 0.1) is 0 Å². The van der Waals surface area contributed by atoms with Crippen molar-refractivity contribution >= 4 is 34.2 Å². The Morgan fingerprint density at radius 2 is 1.28 bits per heavy atom. The quantitative estimate of drug-likeness (QED) is 0.176. The fourth-order valence-electron chi connectivity index (χ4n) is 10.7. The first-order chi connectivity index (χ1) is 26.6. The first-order valence-electron chi connectivity index (χ1n) is 19.5. The fourth-order valence-corrected chi connectivity index (χ4v) is 12.1. The Labute approximate surface area is 321 Å². The van der Waals surface area contributed by atoms with Crippen LogP contribution in [0.3, 0.4) is 0 Å². The largest absolute Gasteiger partial charge is 0.116 e. The maximum Gasteiger partial charge on any atom is 0.0454 e. The van der Waals surface area contributed by atoms with Crippen LogP contribution in [0.2, 0.25) is 0 Å². The van der Waals surface area contributed by atoms with Crippen LogP contribution in [0.25, 0.3) is 78.1 Å². The van der Waals surface area contributed by atoms with Gasteiger partial charge in [-0.15, -0.1) is 11.8 Å². The topological polar surface area (TPSA) is 0 Å². The van der Waals surface area contributed by atoms with Gasteiger partial charge in [0, 0.05) is 21.5 Å². The number of allylic oxidation sites excluding steroid dienone is 4. The lowest BCUT2D eigenvalue weighted by atomic mass is 9.67. The molecule has 5 aliphatic rings. The molecule has 54 heavy (non-hydrogen) atoms. The van der Waals surface area contributed by atoms with E-state index in [9.17, 15) is 0 Å². The van der Waals surface area contributed by atoms with E-state index in [1.807, 2.05) is 11.8 Å². The number of rotatable bonds is 3. The average Bonchev–Trinajstić information content (AvgIpc) is 3.77. The molecule has 7 aromatic carbocycles. The molecule has 2 atom stereocenters. The first-order valence-corrected chi connectivity index (χ1v) is 20.4. The molecule has 7 aromatic rings. The van der Waals surface area contributed by atoms with E-state index in [1.54, 1.807) is 0 Å². The van der Waals surface area contributed by atoms with Gasteiger partial charge in [-0.2, -0.15) is 0 Å². The van der Waals surface area contributed by atoms with Crippen molar-refractivity contribution in [1.29, 1.82) is 0 Å². The average molecular weight is 707 g/mol. The molecule has 0 saturated carbocycles. The number of fused-ring (bicyclic) bond motifs is 9. The molecule has 0 aromatic heterocycles. The summed E-state index contributed by atoms with van der Waals surface area (Å²) in [6.07, 6.45) is 14.0. The smallest absolute Gasteiger partial charge is 0.0454 e. The Bertz CT molecular complexity index is 2860. The molecule has 0 N–H and O–H groups in total. The van der Waals surface area contributed by atoms with Crippen molar-refractivity contribution in [2.45, 2.75) is 48.2 Å². The summed E-state index contributed by atoms with van der Waals surface area (Å²) in [5, 5.41) is 3.26. The highest BCUT2D eigenvalue weighted by atomic mass is 32.2. The van der Waals surface area contributed by atoms with Crippen LogP contribution < -0.4 is 0 Å². The van der Waals surface area contributed by atoms with E-state index in [2.05, 4.69) is 172 Å². The molecule has 0 spiro atoms. The van der Waals surface area contributed by atoms with E-state index >= 15 is 0 Å². The van der Waals surface area contributed by atoms with Crippen LogP contribution >= 0.6 is 11.8 Å². The van der Waals surface area contributed by atoms with Gasteiger partial charge < -0.3 is 0 Å². The van der Waals surface area contributed by atoms with Crippen LogP contribution in [0.5, 0.6) is 0 Å². The lowest BCUT2D eigenvalue weighted by Crippen LogP contribution is -2.25. The third-order valence-electron chi connectivity index (χ3n) is 13.1. The Morgan fingerprint density at radius 1 is 0.593 bits per heavy atom. The van der Waals surface area contributed by atoms with Gasteiger partial charge in [0.25, 0.3) is 0 Å². The summed E-state index contributed by atoms with van der Waals surface area (Å²) < 4.78 is 0. The zero-order chi connectivity index (χ0) is 35.7. The molecule has 0 saturated heterocycles. The molecule has 4 aliphatic carbocycles. The summed E-state index contributed by atoms with van der Waals surface area (Å²) in [5.41, 5.74) is 23.6. The van der Waals surface area contributed by atoms with Crippen molar-refractivity contribution in [3.05, 3.63) is 185 Å². The van der Waals surface area contributed by atoms with Crippen molar-refractivity contribution in [2.75, 3.05) is 0 Å². The minimum Gasteiger partial charge on any atom is -0.116 e. The standard InChI is InChI=1S/C53H38S/c1-53(2)43-29-28-42-48-41(50-46(31-14-5-3-6-15-31)37-19-9-10-20-38(37)47(51(42)50)32-16-7-4-8-17-32)27-26-39(49(43)48)35-25-24-33(30-44(35)53)34-21-13-22-40-36-18-11-12-23-45(36)54-52(34)40/h3-9,11-19,21-30,34,52H,10,20H2,1-2H3. The first kappa shape index (κ1) is 30.8. The number of hydrogen-bond donors (Lipinski definition) is 0. The summed E-state index contributed by atoms with van der Waals surface area (Å²) in [5.74, 6) is 0.333. The maximum atomic E-state index is 2.56. The highest BCUT2D eigenvalue weighted by Gasteiger charge is 2.40. The lowest BCUT2D eigenvalue weighted by molar-refractivity contribution is 0.643. The fraction of sp³-hybridized carbons (Fsp3) is 0.132. The van der Waals surface area contributed by atoms with Crippen molar-refractivity contribution < 1.29 is 0 Å². The molecule has 2 unspecified atom stereocenters. The predicted octanol–water partition coefficient (Wildman–Crippen LogP) is 14.3. The van der Waals surface area contributed by atoms with Gasteiger partial charge in [0.2, 0.25) is 0 Å². The molecular formula is C53H38S. The van der Waals surface area contributed by atoms with Crippen LogP contribution in [0.1, 0.15) is 59.6 Å². The molecule has 256 valence electrons. The second kappa shape index (κ2) is 11.2. The Morgan fingerprint density at radius 3 is 2.09 bits per heavy atom. The number of hydrogen-bond acceptors (Lipinski definition) is 1. The van der Waals surface area contributed by atoms with E-state index in [0.29, 0.717) is 11.2 Å². The van der Waals surface area contributed by atoms with E-state index in [4.69, 9.17) is 0 Å². The van der Waals surface area contributed by atoms with E-state index in [1.165, 1.54) is 110 Å². The third-order valence-corrected chi connectivity index (χ3v) is 14.5. The van der Waals surface area contributed by atoms with Crippen LogP contribution in [-0.4, -0.2) is 5.25 Å². The molecule has 0 bridgehead atoms. The van der Waals surface area contributed by atoms with Gasteiger partial charge in [-0.1, -0.05) is 166 Å². The molecule has 1 heteroatoms. The van der Waals surface area contributed by atoms with Crippen molar-refractivity contribution in [3.63, 3.8) is 0 Å². The van der Waals surface area contributed by atoms with Gasteiger partial charge in [0.15, 0.2) is 0 Å². The molecule has 0 nitrogen and oxygen atoms in total. The molecule has 0 radical (unpaired) electrons.